The minimum Gasteiger partial charge on any atom is -0.491 e. The summed E-state index contributed by atoms with van der Waals surface area (Å²) in [6.45, 7) is 0.458. The first-order chi connectivity index (χ1) is 12.6. The van der Waals surface area contributed by atoms with E-state index in [9.17, 15) is 4.79 Å². The molecule has 7 heteroatoms. The smallest absolute Gasteiger partial charge is 0.220 e. The number of hydrogen-bond acceptors (Lipinski definition) is 6. The van der Waals surface area contributed by atoms with Crippen molar-refractivity contribution in [3.8, 4) is 17.4 Å². The van der Waals surface area contributed by atoms with E-state index in [-0.39, 0.29) is 11.9 Å². The molecule has 4 N–H and O–H groups in total. The number of nitrogens with two attached hydrogens (primary N) is 1. The standard InChI is InChI=1S/C19H20N4O3/c20-10-9-17(21)13-1-8-19(22-11-13)26-16-5-3-15(4-6-16)25-12-14-2-7-18(24)23-14/h1,3-6,8-11,14,20H,2,7,12,21H2,(H,23,24)/b17-9-,20-10?/t14-/m0/s1. The fraction of sp³-hybridized carbons (Fsp3) is 0.211. The van der Waals surface area contributed by atoms with Gasteiger partial charge in [0.25, 0.3) is 0 Å². The molecule has 0 radical (unpaired) electrons. The van der Waals surface area contributed by atoms with Crippen molar-refractivity contribution in [1.29, 1.82) is 5.41 Å². The number of ether oxygens (including phenoxy) is 2. The highest BCUT2D eigenvalue weighted by molar-refractivity contribution is 5.81. The Morgan fingerprint density at radius 3 is 2.65 bits per heavy atom. The number of nitrogens with zero attached hydrogens (tertiary/aromatic N) is 1. The van der Waals surface area contributed by atoms with Crippen molar-refractivity contribution in [2.45, 2.75) is 18.9 Å². The minimum atomic E-state index is 0.0790. The van der Waals surface area contributed by atoms with Gasteiger partial charge >= 0.3 is 0 Å². The van der Waals surface area contributed by atoms with Crippen molar-refractivity contribution >= 4 is 17.8 Å². The van der Waals surface area contributed by atoms with Gasteiger partial charge in [-0.15, -0.1) is 0 Å². The lowest BCUT2D eigenvalue weighted by Gasteiger charge is -2.12. The monoisotopic (exact) mass is 352 g/mol. The SMILES string of the molecule is N=C/C=C(\N)c1ccc(Oc2ccc(OC[C@@H]3CCC(=O)N3)cc2)nc1. The Hall–Kier alpha value is -3.35. The van der Waals surface area contributed by atoms with Crippen molar-refractivity contribution in [3.05, 3.63) is 54.2 Å². The van der Waals surface area contributed by atoms with Crippen molar-refractivity contribution in [1.82, 2.24) is 10.3 Å². The molecule has 134 valence electrons. The summed E-state index contributed by atoms with van der Waals surface area (Å²) in [6.07, 6.45) is 5.59. The molecule has 1 atom stereocenters. The van der Waals surface area contributed by atoms with Crippen LogP contribution in [0.1, 0.15) is 18.4 Å². The second-order valence-electron chi connectivity index (χ2n) is 5.86. The summed E-state index contributed by atoms with van der Waals surface area (Å²) in [4.78, 5) is 15.4. The number of rotatable bonds is 7. The Labute approximate surface area is 151 Å². The van der Waals surface area contributed by atoms with Gasteiger partial charge in [0.15, 0.2) is 0 Å². The van der Waals surface area contributed by atoms with E-state index in [1.54, 1.807) is 30.5 Å². The molecule has 1 amide bonds. The number of allylic oxidation sites excluding steroid dienone is 1. The number of carbonyl (C=O) groups is 1. The Balaban J connectivity index is 1.54. The zero-order valence-corrected chi connectivity index (χ0v) is 14.1. The van der Waals surface area contributed by atoms with Crippen LogP contribution in [0.25, 0.3) is 5.70 Å². The maximum Gasteiger partial charge on any atom is 0.220 e. The average Bonchev–Trinajstić information content (AvgIpc) is 3.07. The first kappa shape index (κ1) is 17.5. The third kappa shape index (κ3) is 4.60. The Morgan fingerprint density at radius 2 is 2.04 bits per heavy atom. The van der Waals surface area contributed by atoms with Gasteiger partial charge in [-0.25, -0.2) is 4.98 Å². The predicted octanol–water partition coefficient (Wildman–Crippen LogP) is 2.48. The molecule has 0 bridgehead atoms. The third-order valence-electron chi connectivity index (χ3n) is 3.91. The van der Waals surface area contributed by atoms with E-state index in [4.69, 9.17) is 20.6 Å². The van der Waals surface area contributed by atoms with Gasteiger partial charge in [0.1, 0.15) is 18.1 Å². The van der Waals surface area contributed by atoms with E-state index in [2.05, 4.69) is 10.3 Å². The van der Waals surface area contributed by atoms with Crippen molar-refractivity contribution in [2.24, 2.45) is 5.73 Å². The van der Waals surface area contributed by atoms with Crippen LogP contribution in [-0.4, -0.2) is 29.8 Å². The summed E-state index contributed by atoms with van der Waals surface area (Å²) in [5, 5.41) is 9.89. The van der Waals surface area contributed by atoms with Gasteiger partial charge in [0.05, 0.1) is 6.04 Å². The van der Waals surface area contributed by atoms with Crippen molar-refractivity contribution in [2.75, 3.05) is 6.61 Å². The highest BCUT2D eigenvalue weighted by Crippen LogP contribution is 2.23. The first-order valence-corrected chi connectivity index (χ1v) is 8.27. The summed E-state index contributed by atoms with van der Waals surface area (Å²) >= 11 is 0. The molecule has 1 fully saturated rings. The van der Waals surface area contributed by atoms with Gasteiger partial charge in [0, 0.05) is 36.2 Å². The lowest BCUT2D eigenvalue weighted by molar-refractivity contribution is -0.119. The summed E-state index contributed by atoms with van der Waals surface area (Å²) in [6, 6.07) is 10.8. The molecule has 3 rings (SSSR count). The third-order valence-corrected chi connectivity index (χ3v) is 3.91. The van der Waals surface area contributed by atoms with Crippen LogP contribution in [0.4, 0.5) is 0 Å². The normalized spacial score (nSPS) is 16.8. The van der Waals surface area contributed by atoms with Crippen LogP contribution in [0.15, 0.2) is 48.7 Å². The van der Waals surface area contributed by atoms with E-state index in [0.717, 1.165) is 18.2 Å². The molecule has 1 aromatic carbocycles. The Bertz CT molecular complexity index is 801. The van der Waals surface area contributed by atoms with Crippen LogP contribution >= 0.6 is 0 Å². The van der Waals surface area contributed by atoms with Crippen LogP contribution in [-0.2, 0) is 4.79 Å². The maximum absolute atomic E-state index is 11.2. The van der Waals surface area contributed by atoms with Crippen molar-refractivity contribution in [3.63, 3.8) is 0 Å². The molecule has 0 spiro atoms. The van der Waals surface area contributed by atoms with E-state index in [1.165, 1.54) is 6.08 Å². The number of nitrogens with one attached hydrogen (secondary N) is 2. The van der Waals surface area contributed by atoms with Crippen LogP contribution in [0.5, 0.6) is 17.4 Å². The topological polar surface area (TPSA) is 110 Å². The molecule has 0 aliphatic carbocycles. The fourth-order valence-corrected chi connectivity index (χ4v) is 2.52. The predicted molar refractivity (Wildman–Crippen MR) is 98.4 cm³/mol. The Kier molecular flexibility index (Phi) is 5.48. The molecular formula is C19H20N4O3. The minimum absolute atomic E-state index is 0.0790. The van der Waals surface area contributed by atoms with Gasteiger partial charge < -0.3 is 25.9 Å². The zero-order chi connectivity index (χ0) is 18.4. The van der Waals surface area contributed by atoms with E-state index < -0.39 is 0 Å². The Morgan fingerprint density at radius 1 is 1.27 bits per heavy atom. The molecule has 0 saturated carbocycles. The first-order valence-electron chi connectivity index (χ1n) is 8.27. The summed E-state index contributed by atoms with van der Waals surface area (Å²) < 4.78 is 11.4. The van der Waals surface area contributed by atoms with Gasteiger partial charge in [-0.2, -0.15) is 0 Å². The van der Waals surface area contributed by atoms with Gasteiger partial charge in [-0.1, -0.05) is 0 Å². The fourth-order valence-electron chi connectivity index (χ4n) is 2.52. The molecule has 2 aromatic rings. The molecule has 1 aliphatic rings. The summed E-state index contributed by atoms with van der Waals surface area (Å²) in [7, 11) is 0. The second-order valence-corrected chi connectivity index (χ2v) is 5.86. The van der Waals surface area contributed by atoms with Crippen LogP contribution < -0.4 is 20.5 Å². The zero-order valence-electron chi connectivity index (χ0n) is 14.1. The highest BCUT2D eigenvalue weighted by Gasteiger charge is 2.20. The van der Waals surface area contributed by atoms with E-state index >= 15 is 0 Å². The molecule has 7 nitrogen and oxygen atoms in total. The lowest BCUT2D eigenvalue weighted by Crippen LogP contribution is -2.30. The number of benzene rings is 1. The van der Waals surface area contributed by atoms with Gasteiger partial charge in [-0.3, -0.25) is 4.79 Å². The number of amides is 1. The van der Waals surface area contributed by atoms with Gasteiger partial charge in [-0.05, 0) is 42.8 Å². The quantitative estimate of drug-likeness (QED) is 0.663. The average molecular weight is 352 g/mol. The number of pyridine rings is 1. The highest BCUT2D eigenvalue weighted by atomic mass is 16.5. The second kappa shape index (κ2) is 8.15. The molecule has 1 aromatic heterocycles. The lowest BCUT2D eigenvalue weighted by atomic mass is 10.2. The molecule has 26 heavy (non-hydrogen) atoms. The number of aromatic nitrogens is 1. The summed E-state index contributed by atoms with van der Waals surface area (Å²) in [5.74, 6) is 1.87. The van der Waals surface area contributed by atoms with Gasteiger partial charge in [0.2, 0.25) is 11.8 Å². The van der Waals surface area contributed by atoms with Crippen LogP contribution in [0.2, 0.25) is 0 Å². The maximum atomic E-state index is 11.2. The molecule has 1 saturated heterocycles. The number of hydrogen-bond donors (Lipinski definition) is 3. The van der Waals surface area contributed by atoms with E-state index in [0.29, 0.717) is 36.1 Å². The molecular weight excluding hydrogens is 332 g/mol. The van der Waals surface area contributed by atoms with Crippen LogP contribution in [0, 0.1) is 5.41 Å². The van der Waals surface area contributed by atoms with Crippen molar-refractivity contribution < 1.29 is 14.3 Å². The van der Waals surface area contributed by atoms with E-state index in [1.807, 2.05) is 12.1 Å². The van der Waals surface area contributed by atoms with Crippen LogP contribution in [0.3, 0.4) is 0 Å². The molecule has 1 aliphatic heterocycles. The molecule has 0 unspecified atom stereocenters. The largest absolute Gasteiger partial charge is 0.491 e. The number of carbonyl (C=O) groups excluding carboxylic acids is 1. The summed E-state index contributed by atoms with van der Waals surface area (Å²) in [5.41, 5.74) is 6.99. The molecule has 2 heterocycles.